The van der Waals surface area contributed by atoms with Gasteiger partial charge < -0.3 is 9.64 Å². The first-order chi connectivity index (χ1) is 13.9. The van der Waals surface area contributed by atoms with E-state index in [1.807, 2.05) is 18.7 Å². The predicted octanol–water partition coefficient (Wildman–Crippen LogP) is 3.12. The molecule has 1 aromatic rings. The Morgan fingerprint density at radius 3 is 2.66 bits per heavy atom. The van der Waals surface area contributed by atoms with Gasteiger partial charge in [0.25, 0.3) is 11.2 Å². The van der Waals surface area contributed by atoms with Gasteiger partial charge in [-0.2, -0.15) is 0 Å². The van der Waals surface area contributed by atoms with E-state index in [9.17, 15) is 19.7 Å². The van der Waals surface area contributed by atoms with E-state index < -0.39 is 10.5 Å². The van der Waals surface area contributed by atoms with Crippen LogP contribution in [-0.4, -0.2) is 45.6 Å². The number of amides is 1. The normalized spacial score (nSPS) is 22.8. The number of carbonyl (C=O) groups excluding carboxylic acids is 1. The lowest BCUT2D eigenvalue weighted by Gasteiger charge is -2.60. The molecule has 1 heterocycles. The summed E-state index contributed by atoms with van der Waals surface area (Å²) in [6, 6.07) is 2.43. The maximum Gasteiger partial charge on any atom is 0.285 e. The van der Waals surface area contributed by atoms with E-state index in [4.69, 9.17) is 4.74 Å². The van der Waals surface area contributed by atoms with Crippen LogP contribution in [0.1, 0.15) is 58.8 Å². The summed E-state index contributed by atoms with van der Waals surface area (Å²) in [6.45, 7) is 5.16. The van der Waals surface area contributed by atoms with Crippen molar-refractivity contribution in [2.24, 2.45) is 5.41 Å². The molecule has 0 radical (unpaired) electrons. The number of hydrogen-bond acceptors (Lipinski definition) is 5. The Balaban J connectivity index is 1.82. The minimum absolute atomic E-state index is 0.00668. The van der Waals surface area contributed by atoms with E-state index in [1.165, 1.54) is 12.5 Å². The summed E-state index contributed by atoms with van der Waals surface area (Å²) in [5.74, 6) is -0.153. The fraction of sp³-hybridized carbons (Fsp3) is 0.714. The number of nitro groups is 1. The van der Waals surface area contributed by atoms with Gasteiger partial charge in [-0.05, 0) is 32.6 Å². The maximum absolute atomic E-state index is 13.2. The Labute approximate surface area is 171 Å². The molecule has 0 unspecified atom stereocenters. The number of hydrogen-bond donors (Lipinski definition) is 0. The van der Waals surface area contributed by atoms with Crippen LogP contribution in [0.25, 0.3) is 0 Å². The van der Waals surface area contributed by atoms with Crippen molar-refractivity contribution in [3.05, 3.63) is 38.8 Å². The molecule has 8 nitrogen and oxygen atoms in total. The van der Waals surface area contributed by atoms with Crippen LogP contribution >= 0.6 is 0 Å². The van der Waals surface area contributed by atoms with Crippen LogP contribution in [0, 0.1) is 15.5 Å². The van der Waals surface area contributed by atoms with E-state index in [-0.39, 0.29) is 35.7 Å². The lowest BCUT2D eigenvalue weighted by atomic mass is 9.54. The van der Waals surface area contributed by atoms with Gasteiger partial charge in [-0.1, -0.05) is 26.2 Å². The van der Waals surface area contributed by atoms with Crippen molar-refractivity contribution in [1.82, 2.24) is 9.47 Å². The Bertz CT molecular complexity index is 800. The van der Waals surface area contributed by atoms with Crippen molar-refractivity contribution < 1.29 is 14.5 Å². The second-order valence-electron chi connectivity index (χ2n) is 8.19. The highest BCUT2D eigenvalue weighted by atomic mass is 16.6. The van der Waals surface area contributed by atoms with Crippen molar-refractivity contribution >= 4 is 11.6 Å². The zero-order valence-corrected chi connectivity index (χ0v) is 17.3. The Kier molecular flexibility index (Phi) is 6.72. The van der Waals surface area contributed by atoms with E-state index in [1.54, 1.807) is 0 Å². The largest absolute Gasteiger partial charge is 0.378 e. The Hall–Kier alpha value is -2.22. The van der Waals surface area contributed by atoms with E-state index >= 15 is 0 Å². The third-order valence-corrected chi connectivity index (χ3v) is 6.54. The quantitative estimate of drug-likeness (QED) is 0.489. The topological polar surface area (TPSA) is 94.7 Å². The highest BCUT2D eigenvalue weighted by molar-refractivity contribution is 5.76. The lowest BCUT2D eigenvalue weighted by Crippen LogP contribution is -2.66. The number of rotatable bonds is 8. The summed E-state index contributed by atoms with van der Waals surface area (Å²) in [4.78, 5) is 37.7. The molecule has 0 N–H and O–H groups in total. The van der Waals surface area contributed by atoms with Gasteiger partial charge in [-0.15, -0.1) is 0 Å². The van der Waals surface area contributed by atoms with Gasteiger partial charge in [-0.3, -0.25) is 24.3 Å². The molecule has 0 aromatic carbocycles. The van der Waals surface area contributed by atoms with Crippen LogP contribution in [-0.2, 0) is 16.1 Å². The number of carbonyl (C=O) groups is 1. The van der Waals surface area contributed by atoms with Gasteiger partial charge in [0.15, 0.2) is 0 Å². The van der Waals surface area contributed by atoms with Crippen LogP contribution in [0.5, 0.6) is 0 Å². The van der Waals surface area contributed by atoms with Gasteiger partial charge in [0.1, 0.15) is 6.54 Å². The minimum Gasteiger partial charge on any atom is -0.378 e. The average Bonchev–Trinajstić information content (AvgIpc) is 2.71. The number of aromatic nitrogens is 1. The molecule has 2 aliphatic rings. The highest BCUT2D eigenvalue weighted by Crippen LogP contribution is 2.55. The van der Waals surface area contributed by atoms with E-state index in [0.717, 1.165) is 55.4 Å². The molecular formula is C21H31N3O5. The first-order valence-electron chi connectivity index (χ1n) is 10.7. The third kappa shape index (κ3) is 4.22. The first kappa shape index (κ1) is 21.5. The van der Waals surface area contributed by atoms with Crippen molar-refractivity contribution in [3.63, 3.8) is 0 Å². The van der Waals surface area contributed by atoms with Gasteiger partial charge in [0.2, 0.25) is 5.91 Å². The zero-order valence-electron chi connectivity index (χ0n) is 17.3. The third-order valence-electron chi connectivity index (χ3n) is 6.54. The highest BCUT2D eigenvalue weighted by Gasteiger charge is 2.58. The molecule has 2 fully saturated rings. The van der Waals surface area contributed by atoms with Gasteiger partial charge in [0, 0.05) is 36.7 Å². The fourth-order valence-corrected chi connectivity index (χ4v) is 5.15. The van der Waals surface area contributed by atoms with E-state index in [0.29, 0.717) is 13.2 Å². The van der Waals surface area contributed by atoms with Gasteiger partial charge in [0.05, 0.1) is 17.2 Å². The standard InChI is InChI=1S/C21H31N3O5/c1-3-12-23(17-13-18(29-4-2)21(17)10-6-5-7-11-21)20(26)15-22-14-16(24(27)28)8-9-19(22)25/h8-9,14,17-18H,3-7,10-13,15H2,1-2H3/t17-,18-/m1/s1. The molecule has 8 heteroatoms. The summed E-state index contributed by atoms with van der Waals surface area (Å²) < 4.78 is 7.17. The molecule has 0 aliphatic heterocycles. The van der Waals surface area contributed by atoms with Crippen molar-refractivity contribution in [1.29, 1.82) is 0 Å². The fourth-order valence-electron chi connectivity index (χ4n) is 5.15. The van der Waals surface area contributed by atoms with E-state index in [2.05, 4.69) is 0 Å². The predicted molar refractivity (Wildman–Crippen MR) is 109 cm³/mol. The molecule has 0 saturated heterocycles. The maximum atomic E-state index is 13.2. The van der Waals surface area contributed by atoms with Crippen LogP contribution < -0.4 is 5.56 Å². The summed E-state index contributed by atoms with van der Waals surface area (Å²) >= 11 is 0. The summed E-state index contributed by atoms with van der Waals surface area (Å²) in [5, 5.41) is 11.0. The number of pyridine rings is 1. The van der Waals surface area contributed by atoms with Crippen molar-refractivity contribution in [3.8, 4) is 0 Å². The molecule has 1 aromatic heterocycles. The molecule has 29 heavy (non-hydrogen) atoms. The number of nitrogens with zero attached hydrogens (tertiary/aromatic N) is 3. The van der Waals surface area contributed by atoms with Crippen LogP contribution in [0.3, 0.4) is 0 Å². The summed E-state index contributed by atoms with van der Waals surface area (Å²) in [6.07, 6.45) is 8.63. The lowest BCUT2D eigenvalue weighted by molar-refractivity contribution is -0.385. The van der Waals surface area contributed by atoms with Gasteiger partial charge >= 0.3 is 0 Å². The molecular weight excluding hydrogens is 374 g/mol. The van der Waals surface area contributed by atoms with Crippen molar-refractivity contribution in [2.45, 2.75) is 77.5 Å². The molecule has 0 bridgehead atoms. The first-order valence-corrected chi connectivity index (χ1v) is 10.7. The van der Waals surface area contributed by atoms with Crippen LogP contribution in [0.15, 0.2) is 23.1 Å². The smallest absolute Gasteiger partial charge is 0.285 e. The summed E-state index contributed by atoms with van der Waals surface area (Å²) in [7, 11) is 0. The van der Waals surface area contributed by atoms with Crippen LogP contribution in [0.2, 0.25) is 0 Å². The van der Waals surface area contributed by atoms with Crippen molar-refractivity contribution in [2.75, 3.05) is 13.2 Å². The Morgan fingerprint density at radius 2 is 2.03 bits per heavy atom. The number of ether oxygens (including phenoxy) is 1. The second kappa shape index (κ2) is 9.07. The second-order valence-corrected chi connectivity index (χ2v) is 8.19. The Morgan fingerprint density at radius 1 is 1.31 bits per heavy atom. The van der Waals surface area contributed by atoms with Crippen LogP contribution in [0.4, 0.5) is 5.69 Å². The molecule has 3 rings (SSSR count). The molecule has 1 amide bonds. The molecule has 1 spiro atoms. The zero-order chi connectivity index (χ0) is 21.0. The van der Waals surface area contributed by atoms with Gasteiger partial charge in [-0.25, -0.2) is 0 Å². The molecule has 2 atom stereocenters. The SMILES string of the molecule is CCCN(C(=O)Cn1cc([N+](=O)[O-])ccc1=O)[C@@H]1C[C@@H](OCC)C12CCCCC2. The molecule has 2 saturated carbocycles. The monoisotopic (exact) mass is 405 g/mol. The molecule has 2 aliphatic carbocycles. The molecule has 160 valence electrons. The average molecular weight is 405 g/mol. The summed E-state index contributed by atoms with van der Waals surface area (Å²) in [5.41, 5.74) is -0.593. The minimum atomic E-state index is -0.556.